The molecule has 1 aromatic carbocycles. The first-order chi connectivity index (χ1) is 12.7. The molecule has 1 aromatic rings. The van der Waals surface area contributed by atoms with E-state index in [9.17, 15) is 4.79 Å². The zero-order valence-corrected chi connectivity index (χ0v) is 16.1. The van der Waals surface area contributed by atoms with Crippen molar-refractivity contribution in [2.45, 2.75) is 51.0 Å². The van der Waals surface area contributed by atoms with E-state index < -0.39 is 0 Å². The monoisotopic (exact) mass is 359 g/mol. The van der Waals surface area contributed by atoms with Crippen molar-refractivity contribution >= 4 is 11.6 Å². The molecule has 1 N–H and O–H groups in total. The first-order valence-electron chi connectivity index (χ1n) is 10.2. The van der Waals surface area contributed by atoms with Gasteiger partial charge in [-0.25, -0.2) is 0 Å². The zero-order chi connectivity index (χ0) is 18.2. The summed E-state index contributed by atoms with van der Waals surface area (Å²) in [4.78, 5) is 17.1. The van der Waals surface area contributed by atoms with Gasteiger partial charge >= 0.3 is 0 Å². The summed E-state index contributed by atoms with van der Waals surface area (Å²) in [6.07, 6.45) is 8.80. The molecular formula is C21H33N3O2. The molecule has 1 saturated carbocycles. The SMILES string of the molecule is COc1cccc(N2CCN(CC(=O)NC3CCCCCCC3)CC2)c1. The van der Waals surface area contributed by atoms with Crippen LogP contribution < -0.4 is 15.0 Å². The van der Waals surface area contributed by atoms with Gasteiger partial charge in [-0.3, -0.25) is 9.69 Å². The number of ether oxygens (including phenoxy) is 1. The van der Waals surface area contributed by atoms with Gasteiger partial charge in [0.15, 0.2) is 0 Å². The number of hydrogen-bond acceptors (Lipinski definition) is 4. The molecule has 1 saturated heterocycles. The second-order valence-electron chi connectivity index (χ2n) is 7.57. The lowest BCUT2D eigenvalue weighted by Crippen LogP contribution is -2.50. The number of amides is 1. The third-order valence-electron chi connectivity index (χ3n) is 5.63. The van der Waals surface area contributed by atoms with Crippen LogP contribution in [-0.4, -0.2) is 56.7 Å². The summed E-state index contributed by atoms with van der Waals surface area (Å²) in [6, 6.07) is 8.60. The van der Waals surface area contributed by atoms with Crippen LogP contribution in [0.15, 0.2) is 24.3 Å². The highest BCUT2D eigenvalue weighted by molar-refractivity contribution is 5.78. The van der Waals surface area contributed by atoms with Crippen molar-refractivity contribution in [1.82, 2.24) is 10.2 Å². The van der Waals surface area contributed by atoms with E-state index >= 15 is 0 Å². The Bertz CT molecular complexity index is 562. The van der Waals surface area contributed by atoms with Crippen molar-refractivity contribution in [3.05, 3.63) is 24.3 Å². The summed E-state index contributed by atoms with van der Waals surface area (Å²) in [5, 5.41) is 3.28. The van der Waals surface area contributed by atoms with Gasteiger partial charge in [0.25, 0.3) is 0 Å². The van der Waals surface area contributed by atoms with Crippen LogP contribution in [0.25, 0.3) is 0 Å². The first-order valence-corrected chi connectivity index (χ1v) is 10.2. The molecule has 1 heterocycles. The van der Waals surface area contributed by atoms with Gasteiger partial charge in [-0.2, -0.15) is 0 Å². The number of benzene rings is 1. The fraction of sp³-hybridized carbons (Fsp3) is 0.667. The van der Waals surface area contributed by atoms with Crippen LogP contribution in [0.3, 0.4) is 0 Å². The standard InChI is InChI=1S/C21H33N3O2/c1-26-20-11-7-10-19(16-20)24-14-12-23(13-15-24)17-21(25)22-18-8-5-3-2-4-6-9-18/h7,10-11,16,18H,2-6,8-9,12-15,17H2,1H3,(H,22,25). The Morgan fingerprint density at radius 3 is 2.46 bits per heavy atom. The molecule has 5 nitrogen and oxygen atoms in total. The van der Waals surface area contributed by atoms with E-state index in [4.69, 9.17) is 4.74 Å². The minimum Gasteiger partial charge on any atom is -0.497 e. The number of carbonyl (C=O) groups excluding carboxylic acids is 1. The van der Waals surface area contributed by atoms with Crippen molar-refractivity contribution in [2.75, 3.05) is 44.7 Å². The van der Waals surface area contributed by atoms with Crippen LogP contribution in [0.1, 0.15) is 44.9 Å². The Kier molecular flexibility index (Phi) is 7.18. The topological polar surface area (TPSA) is 44.8 Å². The van der Waals surface area contributed by atoms with Gasteiger partial charge in [-0.15, -0.1) is 0 Å². The molecule has 1 amide bonds. The number of carbonyl (C=O) groups is 1. The van der Waals surface area contributed by atoms with E-state index in [1.54, 1.807) is 7.11 Å². The molecule has 5 heteroatoms. The van der Waals surface area contributed by atoms with Gasteiger partial charge in [0.1, 0.15) is 5.75 Å². The Balaban J connectivity index is 1.42. The highest BCUT2D eigenvalue weighted by Crippen LogP contribution is 2.22. The molecule has 1 aliphatic heterocycles. The molecule has 0 spiro atoms. The van der Waals surface area contributed by atoms with Crippen molar-refractivity contribution < 1.29 is 9.53 Å². The number of nitrogens with zero attached hydrogens (tertiary/aromatic N) is 2. The molecule has 1 aliphatic carbocycles. The lowest BCUT2D eigenvalue weighted by atomic mass is 9.97. The molecule has 0 atom stereocenters. The molecule has 26 heavy (non-hydrogen) atoms. The summed E-state index contributed by atoms with van der Waals surface area (Å²) in [5.41, 5.74) is 1.20. The van der Waals surface area contributed by atoms with E-state index in [0.717, 1.165) is 44.8 Å². The van der Waals surface area contributed by atoms with Gasteiger partial charge in [0, 0.05) is 44.0 Å². The Labute approximate surface area is 157 Å². The third kappa shape index (κ3) is 5.63. The summed E-state index contributed by atoms with van der Waals surface area (Å²) in [7, 11) is 1.70. The second-order valence-corrected chi connectivity index (χ2v) is 7.57. The van der Waals surface area contributed by atoms with Gasteiger partial charge in [-0.05, 0) is 25.0 Å². The smallest absolute Gasteiger partial charge is 0.234 e. The highest BCUT2D eigenvalue weighted by atomic mass is 16.5. The fourth-order valence-corrected chi connectivity index (χ4v) is 4.05. The van der Waals surface area contributed by atoms with E-state index in [-0.39, 0.29) is 5.91 Å². The molecule has 0 bridgehead atoms. The number of piperazine rings is 1. The highest BCUT2D eigenvalue weighted by Gasteiger charge is 2.21. The van der Waals surface area contributed by atoms with E-state index in [1.165, 1.54) is 37.8 Å². The number of nitrogens with one attached hydrogen (secondary N) is 1. The maximum Gasteiger partial charge on any atom is 0.234 e. The largest absolute Gasteiger partial charge is 0.497 e. The molecule has 0 aromatic heterocycles. The molecule has 2 aliphatic rings. The second kappa shape index (κ2) is 9.81. The number of anilines is 1. The third-order valence-corrected chi connectivity index (χ3v) is 5.63. The van der Waals surface area contributed by atoms with Crippen molar-refractivity contribution in [1.29, 1.82) is 0 Å². The lowest BCUT2D eigenvalue weighted by molar-refractivity contribution is -0.123. The minimum absolute atomic E-state index is 0.199. The number of methoxy groups -OCH3 is 1. The molecule has 144 valence electrons. The van der Waals surface area contributed by atoms with Crippen LogP contribution in [0.5, 0.6) is 5.75 Å². The van der Waals surface area contributed by atoms with E-state index in [1.807, 2.05) is 12.1 Å². The quantitative estimate of drug-likeness (QED) is 0.878. The van der Waals surface area contributed by atoms with Crippen LogP contribution in [0.2, 0.25) is 0 Å². The zero-order valence-electron chi connectivity index (χ0n) is 16.1. The molecular weight excluding hydrogens is 326 g/mol. The van der Waals surface area contributed by atoms with Crippen molar-refractivity contribution in [3.63, 3.8) is 0 Å². The number of hydrogen-bond donors (Lipinski definition) is 1. The van der Waals surface area contributed by atoms with Crippen LogP contribution >= 0.6 is 0 Å². The van der Waals surface area contributed by atoms with Crippen molar-refractivity contribution in [3.8, 4) is 5.75 Å². The molecule has 2 fully saturated rings. The van der Waals surface area contributed by atoms with Gasteiger partial charge in [0.05, 0.1) is 13.7 Å². The Hall–Kier alpha value is -1.75. The van der Waals surface area contributed by atoms with Crippen LogP contribution in [-0.2, 0) is 4.79 Å². The average molecular weight is 360 g/mol. The average Bonchev–Trinajstić information content (AvgIpc) is 2.64. The molecule has 0 unspecified atom stereocenters. The molecule has 3 rings (SSSR count). The van der Waals surface area contributed by atoms with Crippen LogP contribution in [0.4, 0.5) is 5.69 Å². The minimum atomic E-state index is 0.199. The maximum absolute atomic E-state index is 12.4. The van der Waals surface area contributed by atoms with Crippen LogP contribution in [0, 0.1) is 0 Å². The number of rotatable bonds is 5. The van der Waals surface area contributed by atoms with Gasteiger partial charge in [-0.1, -0.05) is 38.2 Å². The summed E-state index contributed by atoms with van der Waals surface area (Å²) >= 11 is 0. The van der Waals surface area contributed by atoms with Crippen molar-refractivity contribution in [2.24, 2.45) is 0 Å². The summed E-state index contributed by atoms with van der Waals surface area (Å²) < 4.78 is 5.32. The Morgan fingerprint density at radius 1 is 1.08 bits per heavy atom. The van der Waals surface area contributed by atoms with E-state index in [2.05, 4.69) is 27.2 Å². The maximum atomic E-state index is 12.4. The molecule has 0 radical (unpaired) electrons. The Morgan fingerprint density at radius 2 is 1.77 bits per heavy atom. The fourth-order valence-electron chi connectivity index (χ4n) is 4.05. The predicted molar refractivity (Wildman–Crippen MR) is 106 cm³/mol. The first kappa shape index (κ1) is 19.0. The van der Waals surface area contributed by atoms with Gasteiger partial charge in [0.2, 0.25) is 5.91 Å². The predicted octanol–water partition coefficient (Wildman–Crippen LogP) is 3.05. The lowest BCUT2D eigenvalue weighted by Gasteiger charge is -2.36. The van der Waals surface area contributed by atoms with Gasteiger partial charge < -0.3 is 15.0 Å². The summed E-state index contributed by atoms with van der Waals surface area (Å²) in [5.74, 6) is 1.09. The summed E-state index contributed by atoms with van der Waals surface area (Å²) in [6.45, 7) is 4.28. The normalized spacial score (nSPS) is 20.3. The van der Waals surface area contributed by atoms with E-state index in [0.29, 0.717) is 12.6 Å².